The first-order valence-corrected chi connectivity index (χ1v) is 11.2. The van der Waals surface area contributed by atoms with Crippen molar-refractivity contribution in [2.24, 2.45) is 0 Å². The first kappa shape index (κ1) is 20.4. The average Bonchev–Trinajstić information content (AvgIpc) is 3.37. The fourth-order valence-electron chi connectivity index (χ4n) is 4.68. The van der Waals surface area contributed by atoms with Crippen LogP contribution in [-0.4, -0.2) is 55.4 Å². The van der Waals surface area contributed by atoms with Gasteiger partial charge in [0.1, 0.15) is 24.3 Å². The first-order chi connectivity index (χ1) is 14.0. The maximum atomic E-state index is 6.24. The van der Waals surface area contributed by atoms with E-state index in [1.165, 1.54) is 54.4 Å². The van der Waals surface area contributed by atoms with E-state index in [9.17, 15) is 0 Å². The van der Waals surface area contributed by atoms with E-state index in [1.54, 1.807) is 7.11 Å². The van der Waals surface area contributed by atoms with Gasteiger partial charge in [0, 0.05) is 31.1 Å². The Bertz CT molecular complexity index is 859. The van der Waals surface area contributed by atoms with E-state index in [0.29, 0.717) is 12.6 Å². The van der Waals surface area contributed by atoms with Crippen molar-refractivity contribution in [1.29, 1.82) is 0 Å². The topological polar surface area (TPSA) is 46.6 Å². The van der Waals surface area contributed by atoms with Gasteiger partial charge in [0.05, 0.1) is 5.52 Å². The summed E-state index contributed by atoms with van der Waals surface area (Å²) in [5.41, 5.74) is 5.08. The number of ether oxygens (including phenoxy) is 2. The Morgan fingerprint density at radius 2 is 1.86 bits per heavy atom. The molecule has 1 aliphatic carbocycles. The molecule has 2 heterocycles. The summed E-state index contributed by atoms with van der Waals surface area (Å²) < 4.78 is 11.9. The van der Waals surface area contributed by atoms with Crippen LogP contribution in [0.5, 0.6) is 5.75 Å². The van der Waals surface area contributed by atoms with Crippen LogP contribution < -0.4 is 10.1 Å². The zero-order valence-corrected chi connectivity index (χ0v) is 18.4. The summed E-state index contributed by atoms with van der Waals surface area (Å²) in [5, 5.41) is 4.84. The number of pyridine rings is 1. The fourth-order valence-corrected chi connectivity index (χ4v) is 4.68. The molecule has 1 unspecified atom stereocenters. The average molecular weight is 398 g/mol. The molecular formula is C24H35N3O2. The standard InChI is InChI=1S/C24H35N3O2/c1-16(2)25-24-20-9-7-8-19(20)21-12-17(3)23(13-22(21)26-24)29-15-18(28-4)14-27-10-5-6-11-27/h12-13,16,18H,5-11,14-15H2,1-4H3,(H,25,26). The molecule has 2 aliphatic rings. The lowest BCUT2D eigenvalue weighted by atomic mass is 10.0. The highest BCUT2D eigenvalue weighted by atomic mass is 16.5. The number of benzene rings is 1. The lowest BCUT2D eigenvalue weighted by Gasteiger charge is -2.23. The van der Waals surface area contributed by atoms with Crippen LogP contribution in [0.4, 0.5) is 5.82 Å². The SMILES string of the molecule is COC(COc1cc2nc(NC(C)C)c3c(c2cc1C)CCC3)CN1CCCC1. The summed E-state index contributed by atoms with van der Waals surface area (Å²) in [4.78, 5) is 7.46. The number of fused-ring (bicyclic) bond motifs is 3. The van der Waals surface area contributed by atoms with E-state index >= 15 is 0 Å². The van der Waals surface area contributed by atoms with Crippen LogP contribution in [0.3, 0.4) is 0 Å². The summed E-state index contributed by atoms with van der Waals surface area (Å²) in [6.07, 6.45) is 6.16. The third-order valence-corrected chi connectivity index (χ3v) is 6.20. The summed E-state index contributed by atoms with van der Waals surface area (Å²) in [6.45, 7) is 10.3. The highest BCUT2D eigenvalue weighted by molar-refractivity contribution is 5.88. The lowest BCUT2D eigenvalue weighted by Crippen LogP contribution is -2.35. The van der Waals surface area contributed by atoms with Crippen LogP contribution in [0.25, 0.3) is 10.9 Å². The number of aromatic nitrogens is 1. The minimum Gasteiger partial charge on any atom is -0.490 e. The van der Waals surface area contributed by atoms with Gasteiger partial charge in [0.15, 0.2) is 0 Å². The smallest absolute Gasteiger partial charge is 0.130 e. The number of hydrogen-bond acceptors (Lipinski definition) is 5. The number of rotatable bonds is 8. The number of methoxy groups -OCH3 is 1. The third kappa shape index (κ3) is 4.51. The molecule has 5 heteroatoms. The predicted molar refractivity (Wildman–Crippen MR) is 119 cm³/mol. The summed E-state index contributed by atoms with van der Waals surface area (Å²) >= 11 is 0. The van der Waals surface area contributed by atoms with Gasteiger partial charge in [-0.05, 0) is 88.7 Å². The molecule has 0 radical (unpaired) electrons. The molecule has 0 amide bonds. The Balaban J connectivity index is 1.56. The maximum absolute atomic E-state index is 6.24. The van der Waals surface area contributed by atoms with Crippen LogP contribution in [-0.2, 0) is 17.6 Å². The molecular weight excluding hydrogens is 362 g/mol. The largest absolute Gasteiger partial charge is 0.490 e. The Labute approximate surface area is 174 Å². The monoisotopic (exact) mass is 397 g/mol. The summed E-state index contributed by atoms with van der Waals surface area (Å²) in [5.74, 6) is 1.97. The number of aryl methyl sites for hydroxylation is 2. The van der Waals surface area contributed by atoms with E-state index in [4.69, 9.17) is 14.5 Å². The molecule has 5 nitrogen and oxygen atoms in total. The Morgan fingerprint density at radius 3 is 2.59 bits per heavy atom. The van der Waals surface area contributed by atoms with Crippen LogP contribution in [0, 0.1) is 6.92 Å². The maximum Gasteiger partial charge on any atom is 0.130 e. The molecule has 1 N–H and O–H groups in total. The van der Waals surface area contributed by atoms with Gasteiger partial charge < -0.3 is 19.7 Å². The molecule has 2 aromatic rings. The van der Waals surface area contributed by atoms with Crippen LogP contribution >= 0.6 is 0 Å². The highest BCUT2D eigenvalue weighted by Gasteiger charge is 2.22. The molecule has 0 saturated carbocycles. The normalized spacial score (nSPS) is 17.8. The van der Waals surface area contributed by atoms with Gasteiger partial charge in [-0.25, -0.2) is 4.98 Å². The molecule has 1 aromatic carbocycles. The second-order valence-corrected chi connectivity index (χ2v) is 8.88. The zero-order chi connectivity index (χ0) is 20.4. The van der Waals surface area contributed by atoms with Crippen molar-refractivity contribution in [2.75, 3.05) is 38.7 Å². The van der Waals surface area contributed by atoms with Crippen molar-refractivity contribution < 1.29 is 9.47 Å². The van der Waals surface area contributed by atoms with Gasteiger partial charge in [0.2, 0.25) is 0 Å². The second-order valence-electron chi connectivity index (χ2n) is 8.88. The number of nitrogens with zero attached hydrogens (tertiary/aromatic N) is 2. The van der Waals surface area contributed by atoms with Crippen molar-refractivity contribution in [3.63, 3.8) is 0 Å². The summed E-state index contributed by atoms with van der Waals surface area (Å²) in [6, 6.07) is 4.76. The van der Waals surface area contributed by atoms with Gasteiger partial charge in [-0.3, -0.25) is 0 Å². The minimum absolute atomic E-state index is 0.0920. The minimum atomic E-state index is 0.0920. The van der Waals surface area contributed by atoms with Gasteiger partial charge in [-0.15, -0.1) is 0 Å². The van der Waals surface area contributed by atoms with E-state index in [2.05, 4.69) is 43.1 Å². The molecule has 0 spiro atoms. The van der Waals surface area contributed by atoms with Crippen molar-refractivity contribution >= 4 is 16.7 Å². The zero-order valence-electron chi connectivity index (χ0n) is 18.4. The molecule has 1 fully saturated rings. The summed E-state index contributed by atoms with van der Waals surface area (Å²) in [7, 11) is 1.78. The number of anilines is 1. The van der Waals surface area contributed by atoms with E-state index in [-0.39, 0.29) is 6.10 Å². The van der Waals surface area contributed by atoms with Gasteiger partial charge in [-0.1, -0.05) is 0 Å². The molecule has 0 bridgehead atoms. The Kier molecular flexibility index (Phi) is 6.26. The molecule has 1 aromatic heterocycles. The van der Waals surface area contributed by atoms with E-state index in [1.807, 2.05) is 0 Å². The molecule has 29 heavy (non-hydrogen) atoms. The first-order valence-electron chi connectivity index (χ1n) is 11.2. The van der Waals surface area contributed by atoms with Crippen LogP contribution in [0.2, 0.25) is 0 Å². The number of hydrogen-bond donors (Lipinski definition) is 1. The lowest BCUT2D eigenvalue weighted by molar-refractivity contribution is 0.0345. The van der Waals surface area contributed by atoms with Crippen LogP contribution in [0.1, 0.15) is 49.8 Å². The van der Waals surface area contributed by atoms with Crippen molar-refractivity contribution in [3.05, 3.63) is 28.8 Å². The molecule has 1 atom stereocenters. The Hall–Kier alpha value is -1.85. The quantitative estimate of drug-likeness (QED) is 0.718. The van der Waals surface area contributed by atoms with Crippen molar-refractivity contribution in [2.45, 2.75) is 65.0 Å². The number of nitrogens with one attached hydrogen (secondary N) is 1. The highest BCUT2D eigenvalue weighted by Crippen LogP contribution is 2.36. The van der Waals surface area contributed by atoms with Gasteiger partial charge >= 0.3 is 0 Å². The molecule has 1 aliphatic heterocycles. The molecule has 158 valence electrons. The third-order valence-electron chi connectivity index (χ3n) is 6.20. The molecule has 4 rings (SSSR count). The van der Waals surface area contributed by atoms with E-state index in [0.717, 1.165) is 36.5 Å². The predicted octanol–water partition coefficient (Wildman–Crippen LogP) is 4.34. The van der Waals surface area contributed by atoms with Crippen molar-refractivity contribution in [1.82, 2.24) is 9.88 Å². The number of likely N-dealkylation sites (tertiary alicyclic amines) is 1. The molecule has 1 saturated heterocycles. The fraction of sp³-hybridized carbons (Fsp3) is 0.625. The Morgan fingerprint density at radius 1 is 1.10 bits per heavy atom. The second kappa shape index (κ2) is 8.88. The van der Waals surface area contributed by atoms with Crippen LogP contribution in [0.15, 0.2) is 12.1 Å². The van der Waals surface area contributed by atoms with Gasteiger partial charge in [-0.2, -0.15) is 0 Å². The van der Waals surface area contributed by atoms with Gasteiger partial charge in [0.25, 0.3) is 0 Å². The van der Waals surface area contributed by atoms with Crippen molar-refractivity contribution in [3.8, 4) is 5.75 Å². The van der Waals surface area contributed by atoms with E-state index < -0.39 is 0 Å².